The van der Waals surface area contributed by atoms with Crippen molar-refractivity contribution >= 4 is 12.0 Å². The van der Waals surface area contributed by atoms with Crippen LogP contribution in [0.2, 0.25) is 0 Å². The molecule has 1 aromatic heterocycles. The van der Waals surface area contributed by atoms with Crippen LogP contribution in [0, 0.1) is 11.6 Å². The van der Waals surface area contributed by atoms with Gasteiger partial charge in [-0.1, -0.05) is 6.07 Å². The number of aromatic nitrogens is 1. The first-order chi connectivity index (χ1) is 15.6. The van der Waals surface area contributed by atoms with E-state index >= 15 is 0 Å². The summed E-state index contributed by atoms with van der Waals surface area (Å²) in [7, 11) is 0. The van der Waals surface area contributed by atoms with Crippen molar-refractivity contribution < 1.29 is 27.8 Å². The maximum atomic E-state index is 14.3. The van der Waals surface area contributed by atoms with Gasteiger partial charge in [-0.2, -0.15) is 0 Å². The fourth-order valence-electron chi connectivity index (χ4n) is 3.23. The predicted molar refractivity (Wildman–Crippen MR) is 113 cm³/mol. The van der Waals surface area contributed by atoms with Gasteiger partial charge in [0.1, 0.15) is 17.3 Å². The van der Waals surface area contributed by atoms with E-state index in [9.17, 15) is 13.6 Å². The molecule has 6 nitrogen and oxygen atoms in total. The van der Waals surface area contributed by atoms with Gasteiger partial charge in [0, 0.05) is 24.4 Å². The minimum absolute atomic E-state index is 0.0608. The first kappa shape index (κ1) is 21.5. The fraction of sp³-hybridized carbons (Fsp3) is 0.167. The number of fused-ring (bicyclic) bond motifs is 1. The summed E-state index contributed by atoms with van der Waals surface area (Å²) in [5.74, 6) is -0.201. The van der Waals surface area contributed by atoms with Crippen LogP contribution >= 0.6 is 0 Å². The zero-order valence-corrected chi connectivity index (χ0v) is 17.0. The fourth-order valence-corrected chi connectivity index (χ4v) is 3.23. The Hall–Kier alpha value is -3.78. The molecule has 2 aromatic carbocycles. The third kappa shape index (κ3) is 5.47. The second kappa shape index (κ2) is 10.0. The van der Waals surface area contributed by atoms with Crippen LogP contribution in [-0.2, 0) is 22.6 Å². The highest BCUT2D eigenvalue weighted by Gasteiger charge is 2.16. The van der Waals surface area contributed by atoms with Gasteiger partial charge in [-0.05, 0) is 60.0 Å². The minimum Gasteiger partial charge on any atom is -0.467 e. The number of benzene rings is 2. The molecule has 1 N–H and O–H groups in total. The predicted octanol–water partition coefficient (Wildman–Crippen LogP) is 4.39. The molecule has 2 heterocycles. The first-order valence-electron chi connectivity index (χ1n) is 9.93. The largest absolute Gasteiger partial charge is 0.467 e. The third-order valence-electron chi connectivity index (χ3n) is 4.69. The summed E-state index contributed by atoms with van der Waals surface area (Å²) in [5.41, 5.74) is 1.82. The smallest absolute Gasteiger partial charge is 0.244 e. The van der Waals surface area contributed by atoms with E-state index in [1.54, 1.807) is 24.4 Å². The van der Waals surface area contributed by atoms with Gasteiger partial charge in [0.2, 0.25) is 5.91 Å². The summed E-state index contributed by atoms with van der Waals surface area (Å²) >= 11 is 0. The summed E-state index contributed by atoms with van der Waals surface area (Å²) < 4.78 is 44.1. The van der Waals surface area contributed by atoms with E-state index in [1.165, 1.54) is 42.6 Å². The Morgan fingerprint density at radius 3 is 2.94 bits per heavy atom. The summed E-state index contributed by atoms with van der Waals surface area (Å²) in [4.78, 5) is 16.0. The number of pyridine rings is 1. The molecule has 0 atom stereocenters. The average Bonchev–Trinajstić information content (AvgIpc) is 2.80. The number of nitrogens with one attached hydrogen (secondary N) is 1. The molecule has 164 valence electrons. The number of halogens is 2. The van der Waals surface area contributed by atoms with Crippen LogP contribution in [0.3, 0.4) is 0 Å². The van der Waals surface area contributed by atoms with Gasteiger partial charge in [0.15, 0.2) is 18.4 Å². The number of amides is 1. The Labute approximate surface area is 183 Å². The Bertz CT molecular complexity index is 1140. The molecule has 0 spiro atoms. The van der Waals surface area contributed by atoms with Crippen LogP contribution in [0.5, 0.6) is 17.2 Å². The van der Waals surface area contributed by atoms with Gasteiger partial charge < -0.3 is 19.5 Å². The molecular formula is C24H20F2N2O4. The molecule has 3 aromatic rings. The van der Waals surface area contributed by atoms with Crippen molar-refractivity contribution in [2.24, 2.45) is 0 Å². The van der Waals surface area contributed by atoms with Gasteiger partial charge in [0.05, 0.1) is 12.8 Å². The molecule has 4 rings (SSSR count). The lowest BCUT2D eigenvalue weighted by molar-refractivity contribution is -0.116. The van der Waals surface area contributed by atoms with Crippen LogP contribution in [0.4, 0.5) is 8.78 Å². The molecular weight excluding hydrogens is 418 g/mol. The van der Waals surface area contributed by atoms with E-state index in [0.717, 1.165) is 0 Å². The maximum Gasteiger partial charge on any atom is 0.244 e. The van der Waals surface area contributed by atoms with Crippen LogP contribution in [0.15, 0.2) is 60.9 Å². The highest BCUT2D eigenvalue weighted by atomic mass is 19.1. The lowest BCUT2D eigenvalue weighted by Crippen LogP contribution is -2.24. The van der Waals surface area contributed by atoms with Crippen molar-refractivity contribution in [3.8, 4) is 17.2 Å². The SMILES string of the molecule is O=C(/C=C/c1ccc(Oc2cccnc2)c(F)c1)NCCc1cc(F)cc2c1OCOC2. The van der Waals surface area contributed by atoms with E-state index < -0.39 is 5.82 Å². The third-order valence-corrected chi connectivity index (χ3v) is 4.69. The van der Waals surface area contributed by atoms with Gasteiger partial charge in [0.25, 0.3) is 0 Å². The second-order valence-corrected chi connectivity index (χ2v) is 7.02. The molecule has 1 amide bonds. The Morgan fingerprint density at radius 1 is 1.22 bits per heavy atom. The Morgan fingerprint density at radius 2 is 2.12 bits per heavy atom. The summed E-state index contributed by atoms with van der Waals surface area (Å²) in [6.07, 6.45) is 6.28. The van der Waals surface area contributed by atoms with Gasteiger partial charge >= 0.3 is 0 Å². The van der Waals surface area contributed by atoms with Crippen LogP contribution in [0.25, 0.3) is 6.08 Å². The maximum absolute atomic E-state index is 14.3. The zero-order chi connectivity index (χ0) is 22.3. The second-order valence-electron chi connectivity index (χ2n) is 7.02. The Kier molecular flexibility index (Phi) is 6.72. The highest BCUT2D eigenvalue weighted by Crippen LogP contribution is 2.29. The quantitative estimate of drug-likeness (QED) is 0.554. The monoisotopic (exact) mass is 438 g/mol. The lowest BCUT2D eigenvalue weighted by atomic mass is 10.1. The summed E-state index contributed by atoms with van der Waals surface area (Å²) in [6.45, 7) is 0.691. The number of carbonyl (C=O) groups is 1. The van der Waals surface area contributed by atoms with Crippen LogP contribution < -0.4 is 14.8 Å². The number of rotatable bonds is 7. The summed E-state index contributed by atoms with van der Waals surface area (Å²) in [5, 5.41) is 2.73. The van der Waals surface area contributed by atoms with Crippen molar-refractivity contribution in [3.05, 3.63) is 89.3 Å². The van der Waals surface area contributed by atoms with Crippen molar-refractivity contribution in [1.82, 2.24) is 10.3 Å². The molecule has 0 aliphatic carbocycles. The Balaban J connectivity index is 1.31. The molecule has 0 bridgehead atoms. The lowest BCUT2D eigenvalue weighted by Gasteiger charge is -2.20. The summed E-state index contributed by atoms with van der Waals surface area (Å²) in [6, 6.07) is 10.5. The van der Waals surface area contributed by atoms with E-state index in [1.807, 2.05) is 0 Å². The number of nitrogens with zero attached hydrogens (tertiary/aromatic N) is 1. The number of hydrogen-bond donors (Lipinski definition) is 1. The zero-order valence-electron chi connectivity index (χ0n) is 17.0. The van der Waals surface area contributed by atoms with Gasteiger partial charge in [-0.15, -0.1) is 0 Å². The van der Waals surface area contributed by atoms with Crippen molar-refractivity contribution in [2.45, 2.75) is 13.0 Å². The molecule has 32 heavy (non-hydrogen) atoms. The highest BCUT2D eigenvalue weighted by molar-refractivity contribution is 5.91. The topological polar surface area (TPSA) is 69.7 Å². The average molecular weight is 438 g/mol. The van der Waals surface area contributed by atoms with E-state index in [0.29, 0.717) is 34.6 Å². The van der Waals surface area contributed by atoms with Gasteiger partial charge in [-0.25, -0.2) is 8.78 Å². The molecule has 0 unspecified atom stereocenters. The standard InChI is InChI=1S/C24H20F2N2O4/c25-19-11-17(24-18(12-19)14-30-15-31-24)7-9-28-23(29)6-4-16-3-5-22(21(26)10-16)32-20-2-1-8-27-13-20/h1-6,8,10-13H,7,9,14-15H2,(H,28,29)/b6-4+. The van der Waals surface area contributed by atoms with E-state index in [4.69, 9.17) is 14.2 Å². The molecule has 1 aliphatic rings. The van der Waals surface area contributed by atoms with Crippen molar-refractivity contribution in [2.75, 3.05) is 13.3 Å². The van der Waals surface area contributed by atoms with E-state index in [-0.39, 0.29) is 37.4 Å². The van der Waals surface area contributed by atoms with Crippen LogP contribution in [0.1, 0.15) is 16.7 Å². The molecule has 0 saturated heterocycles. The van der Waals surface area contributed by atoms with Crippen LogP contribution in [-0.4, -0.2) is 24.2 Å². The first-order valence-corrected chi connectivity index (χ1v) is 9.93. The number of hydrogen-bond acceptors (Lipinski definition) is 5. The molecule has 0 radical (unpaired) electrons. The van der Waals surface area contributed by atoms with Gasteiger partial charge in [-0.3, -0.25) is 9.78 Å². The normalized spacial score (nSPS) is 12.8. The number of carbonyl (C=O) groups excluding carboxylic acids is 1. The van der Waals surface area contributed by atoms with Crippen molar-refractivity contribution in [3.63, 3.8) is 0 Å². The molecule has 0 saturated carbocycles. The van der Waals surface area contributed by atoms with Crippen molar-refractivity contribution in [1.29, 1.82) is 0 Å². The minimum atomic E-state index is -0.559. The van der Waals surface area contributed by atoms with E-state index in [2.05, 4.69) is 10.3 Å². The molecule has 0 fully saturated rings. The number of ether oxygens (including phenoxy) is 3. The molecule has 1 aliphatic heterocycles. The molecule has 8 heteroatoms.